The molecule has 0 fully saturated rings. The van der Waals surface area contributed by atoms with Gasteiger partial charge in [-0.25, -0.2) is 0 Å². The summed E-state index contributed by atoms with van der Waals surface area (Å²) in [5.74, 6) is 1.71. The van der Waals surface area contributed by atoms with Gasteiger partial charge in [0.05, 0.1) is 18.6 Å². The van der Waals surface area contributed by atoms with Crippen molar-refractivity contribution in [2.45, 2.75) is 18.5 Å². The first kappa shape index (κ1) is 22.6. The van der Waals surface area contributed by atoms with Crippen molar-refractivity contribution in [3.63, 3.8) is 0 Å². The van der Waals surface area contributed by atoms with E-state index in [1.807, 2.05) is 65.4 Å². The van der Waals surface area contributed by atoms with Crippen LogP contribution in [0.15, 0.2) is 69.6 Å². The summed E-state index contributed by atoms with van der Waals surface area (Å²) in [5, 5.41) is 14.5. The molecule has 2 aromatic heterocycles. The third-order valence-electron chi connectivity index (χ3n) is 4.67. The number of anilines is 1. The fraction of sp³-hybridized carbons (Fsp3) is 0.174. The number of carbonyl (C=O) groups is 1. The first-order chi connectivity index (χ1) is 15.5. The van der Waals surface area contributed by atoms with Gasteiger partial charge >= 0.3 is 0 Å². The van der Waals surface area contributed by atoms with Gasteiger partial charge in [0.1, 0.15) is 11.6 Å². The second-order valence-corrected chi connectivity index (χ2v) is 9.84. The van der Waals surface area contributed by atoms with Crippen molar-refractivity contribution in [3.05, 3.63) is 80.7 Å². The van der Waals surface area contributed by atoms with Gasteiger partial charge in [0.25, 0.3) is 0 Å². The third-order valence-corrected chi connectivity index (χ3v) is 7.14. The Kier molecular flexibility index (Phi) is 7.29. The second kappa shape index (κ2) is 10.3. The van der Waals surface area contributed by atoms with Crippen LogP contribution in [0.1, 0.15) is 16.3 Å². The van der Waals surface area contributed by atoms with Crippen LogP contribution in [-0.4, -0.2) is 33.5 Å². The molecule has 2 heterocycles. The molecule has 0 aliphatic heterocycles. The van der Waals surface area contributed by atoms with Crippen molar-refractivity contribution < 1.29 is 9.53 Å². The van der Waals surface area contributed by atoms with E-state index < -0.39 is 0 Å². The van der Waals surface area contributed by atoms with Gasteiger partial charge in [-0.3, -0.25) is 9.36 Å². The van der Waals surface area contributed by atoms with Crippen LogP contribution < -0.4 is 10.1 Å². The Balaban J connectivity index is 1.54. The molecular formula is C23H21BrN4O2S2. The third kappa shape index (κ3) is 5.40. The standard InChI is InChI=1S/C23H21BrN4O2S2/c1-15-5-10-20(19(24)12-15)25-22(29)14-32-23-27-26-21(13-18-4-3-11-31-18)28(23)16-6-8-17(30-2)9-7-16/h3-12H,13-14H2,1-2H3,(H,25,29). The molecular weight excluding hydrogens is 508 g/mol. The molecule has 2 aromatic carbocycles. The van der Waals surface area contributed by atoms with Crippen molar-refractivity contribution in [3.8, 4) is 11.4 Å². The summed E-state index contributed by atoms with van der Waals surface area (Å²) in [6.45, 7) is 2.01. The van der Waals surface area contributed by atoms with Crippen molar-refractivity contribution in [2.75, 3.05) is 18.2 Å². The highest BCUT2D eigenvalue weighted by Gasteiger charge is 2.17. The number of nitrogens with one attached hydrogen (secondary N) is 1. The largest absolute Gasteiger partial charge is 0.497 e. The van der Waals surface area contributed by atoms with E-state index in [1.165, 1.54) is 16.6 Å². The molecule has 0 saturated carbocycles. The number of nitrogens with zero attached hydrogens (tertiary/aromatic N) is 3. The Bertz CT molecular complexity index is 1210. The smallest absolute Gasteiger partial charge is 0.234 e. The SMILES string of the molecule is COc1ccc(-n2c(Cc3cccs3)nnc2SCC(=O)Nc2ccc(C)cc2Br)cc1. The second-order valence-electron chi connectivity index (χ2n) is 7.01. The highest BCUT2D eigenvalue weighted by Crippen LogP contribution is 2.27. The van der Waals surface area contributed by atoms with Gasteiger partial charge in [0.2, 0.25) is 5.91 Å². The van der Waals surface area contributed by atoms with Gasteiger partial charge in [-0.1, -0.05) is 23.9 Å². The van der Waals surface area contributed by atoms with Crippen molar-refractivity contribution in [2.24, 2.45) is 0 Å². The lowest BCUT2D eigenvalue weighted by Crippen LogP contribution is -2.15. The molecule has 0 aliphatic rings. The van der Waals surface area contributed by atoms with Gasteiger partial charge in [0.15, 0.2) is 5.16 Å². The number of hydrogen-bond donors (Lipinski definition) is 1. The molecule has 0 aliphatic carbocycles. The molecule has 0 radical (unpaired) electrons. The molecule has 32 heavy (non-hydrogen) atoms. The maximum Gasteiger partial charge on any atom is 0.234 e. The molecule has 6 nitrogen and oxygen atoms in total. The highest BCUT2D eigenvalue weighted by molar-refractivity contribution is 9.10. The first-order valence-corrected chi connectivity index (χ1v) is 12.5. The summed E-state index contributed by atoms with van der Waals surface area (Å²) in [6.07, 6.45) is 0.666. The minimum atomic E-state index is -0.108. The van der Waals surface area contributed by atoms with Crippen LogP contribution >= 0.6 is 39.0 Å². The lowest BCUT2D eigenvalue weighted by molar-refractivity contribution is -0.113. The normalized spacial score (nSPS) is 10.8. The Morgan fingerprint density at radius 1 is 1.19 bits per heavy atom. The molecule has 1 N–H and O–H groups in total. The van der Waals surface area contributed by atoms with Crippen LogP contribution in [0, 0.1) is 6.92 Å². The van der Waals surface area contributed by atoms with Crippen LogP contribution in [0.3, 0.4) is 0 Å². The monoisotopic (exact) mass is 528 g/mol. The number of aryl methyl sites for hydroxylation is 1. The van der Waals surface area contributed by atoms with Crippen LogP contribution in [0.25, 0.3) is 5.69 Å². The minimum absolute atomic E-state index is 0.108. The number of amides is 1. The maximum absolute atomic E-state index is 12.6. The number of ether oxygens (including phenoxy) is 1. The fourth-order valence-electron chi connectivity index (χ4n) is 3.11. The molecule has 0 unspecified atom stereocenters. The summed E-state index contributed by atoms with van der Waals surface area (Å²) in [6, 6.07) is 17.7. The zero-order valence-corrected chi connectivity index (χ0v) is 20.8. The van der Waals surface area contributed by atoms with E-state index in [0.29, 0.717) is 11.6 Å². The van der Waals surface area contributed by atoms with Crippen LogP contribution in [0.2, 0.25) is 0 Å². The fourth-order valence-corrected chi connectivity index (χ4v) is 5.17. The van der Waals surface area contributed by atoms with Crippen LogP contribution in [0.4, 0.5) is 5.69 Å². The molecule has 1 amide bonds. The average Bonchev–Trinajstić information content (AvgIpc) is 3.45. The van der Waals surface area contributed by atoms with Crippen molar-refractivity contribution in [1.29, 1.82) is 0 Å². The molecule has 0 bridgehead atoms. The van der Waals surface area contributed by atoms with E-state index >= 15 is 0 Å². The molecule has 4 aromatic rings. The van der Waals surface area contributed by atoms with Gasteiger partial charge < -0.3 is 10.1 Å². The lowest BCUT2D eigenvalue weighted by Gasteiger charge is -2.11. The number of thioether (sulfide) groups is 1. The Morgan fingerprint density at radius 3 is 2.69 bits per heavy atom. The highest BCUT2D eigenvalue weighted by atomic mass is 79.9. The molecule has 0 spiro atoms. The topological polar surface area (TPSA) is 69.0 Å². The molecule has 4 rings (SSSR count). The number of benzene rings is 2. The Hall–Kier alpha value is -2.62. The molecule has 164 valence electrons. The lowest BCUT2D eigenvalue weighted by atomic mass is 10.2. The predicted molar refractivity (Wildman–Crippen MR) is 133 cm³/mol. The Labute approximate surface area is 203 Å². The van der Waals surface area contributed by atoms with Gasteiger partial charge in [-0.2, -0.15) is 0 Å². The zero-order valence-electron chi connectivity index (χ0n) is 17.5. The molecule has 9 heteroatoms. The summed E-state index contributed by atoms with van der Waals surface area (Å²) < 4.78 is 8.14. The van der Waals surface area contributed by atoms with E-state index in [-0.39, 0.29) is 11.7 Å². The number of carbonyl (C=O) groups excluding carboxylic acids is 1. The Morgan fingerprint density at radius 2 is 2.00 bits per heavy atom. The number of rotatable bonds is 8. The summed E-state index contributed by atoms with van der Waals surface area (Å²) >= 11 is 6.54. The van der Waals surface area contributed by atoms with Gasteiger partial charge in [-0.05, 0) is 76.3 Å². The quantitative estimate of drug-likeness (QED) is 0.295. The first-order valence-electron chi connectivity index (χ1n) is 9.83. The van der Waals surface area contributed by atoms with Gasteiger partial charge in [0, 0.05) is 21.5 Å². The summed E-state index contributed by atoms with van der Waals surface area (Å²) in [5.41, 5.74) is 2.79. The van der Waals surface area contributed by atoms with Crippen molar-refractivity contribution in [1.82, 2.24) is 14.8 Å². The van der Waals surface area contributed by atoms with E-state index in [4.69, 9.17) is 4.74 Å². The number of halogens is 1. The number of hydrogen-bond acceptors (Lipinski definition) is 6. The predicted octanol–water partition coefficient (Wildman–Crippen LogP) is 5.73. The molecule has 0 saturated heterocycles. The summed E-state index contributed by atoms with van der Waals surface area (Å²) in [4.78, 5) is 13.8. The zero-order chi connectivity index (χ0) is 22.5. The van der Waals surface area contributed by atoms with E-state index in [1.54, 1.807) is 18.4 Å². The van der Waals surface area contributed by atoms with Crippen molar-refractivity contribution >= 4 is 50.6 Å². The number of methoxy groups -OCH3 is 1. The van der Waals surface area contributed by atoms with Gasteiger partial charge in [-0.15, -0.1) is 21.5 Å². The van der Waals surface area contributed by atoms with Crippen LogP contribution in [-0.2, 0) is 11.2 Å². The number of aromatic nitrogens is 3. The minimum Gasteiger partial charge on any atom is -0.497 e. The molecule has 0 atom stereocenters. The van der Waals surface area contributed by atoms with E-state index in [0.717, 1.165) is 33.0 Å². The van der Waals surface area contributed by atoms with Crippen LogP contribution in [0.5, 0.6) is 5.75 Å². The van der Waals surface area contributed by atoms with E-state index in [2.05, 4.69) is 37.5 Å². The maximum atomic E-state index is 12.6. The average molecular weight is 529 g/mol. The van der Waals surface area contributed by atoms with E-state index in [9.17, 15) is 4.79 Å². The number of thiophene rings is 1. The summed E-state index contributed by atoms with van der Waals surface area (Å²) in [7, 11) is 1.64.